The minimum absolute atomic E-state index is 1.31. The Morgan fingerprint density at radius 3 is 2.58 bits per heavy atom. The van der Waals surface area contributed by atoms with Crippen LogP contribution >= 0.6 is 0 Å². The Morgan fingerprint density at radius 1 is 0.917 bits per heavy atom. The first-order valence-corrected chi connectivity index (χ1v) is 4.19. The molecule has 0 bridgehead atoms. The highest BCUT2D eigenvalue weighted by molar-refractivity contribution is 5.71. The van der Waals surface area contributed by atoms with Crippen LogP contribution in [0.15, 0.2) is 42.5 Å². The fourth-order valence-corrected chi connectivity index (χ4v) is 1.49. The Morgan fingerprint density at radius 2 is 1.75 bits per heavy atom. The van der Waals surface area contributed by atoms with Gasteiger partial charge >= 0.3 is 0 Å². The first kappa shape index (κ1) is 7.35. The third-order valence-corrected chi connectivity index (χ3v) is 2.14. The lowest BCUT2D eigenvalue weighted by molar-refractivity contribution is 1.47. The molecule has 0 fully saturated rings. The van der Waals surface area contributed by atoms with E-state index in [4.69, 9.17) is 0 Å². The number of fused-ring (bicyclic) bond motifs is 1. The van der Waals surface area contributed by atoms with E-state index in [0.29, 0.717) is 0 Å². The first-order chi connectivity index (χ1) is 5.92. The molecule has 0 nitrogen and oxygen atoms in total. The van der Waals surface area contributed by atoms with Crippen molar-refractivity contribution in [1.82, 2.24) is 0 Å². The molecule has 0 aromatic rings. The quantitative estimate of drug-likeness (QED) is 0.592. The van der Waals surface area contributed by atoms with Gasteiger partial charge in [-0.1, -0.05) is 49.4 Å². The van der Waals surface area contributed by atoms with E-state index >= 15 is 0 Å². The second kappa shape index (κ2) is 2.98. The van der Waals surface area contributed by atoms with Crippen LogP contribution in [0.3, 0.4) is 0 Å². The second-order valence-electron chi connectivity index (χ2n) is 2.86. The SMILES string of the molecule is C[CH]c1ccc2cccccc1-2. The average molecular weight is 155 g/mol. The van der Waals surface area contributed by atoms with Crippen LogP contribution in [0, 0.1) is 6.42 Å². The van der Waals surface area contributed by atoms with Crippen molar-refractivity contribution in [1.29, 1.82) is 0 Å². The van der Waals surface area contributed by atoms with Crippen molar-refractivity contribution >= 4 is 0 Å². The van der Waals surface area contributed by atoms with Crippen LogP contribution in [0.1, 0.15) is 12.5 Å². The highest BCUT2D eigenvalue weighted by Gasteiger charge is 2.04. The normalized spacial score (nSPS) is 10.4. The number of rotatable bonds is 1. The molecule has 0 N–H and O–H groups in total. The highest BCUT2D eigenvalue weighted by atomic mass is 14.1. The molecule has 0 atom stereocenters. The molecule has 0 aliphatic heterocycles. The van der Waals surface area contributed by atoms with Gasteiger partial charge in [0.05, 0.1) is 0 Å². The summed E-state index contributed by atoms with van der Waals surface area (Å²) in [6.07, 6.45) is 2.14. The van der Waals surface area contributed by atoms with E-state index in [1.807, 2.05) is 0 Å². The van der Waals surface area contributed by atoms with E-state index in [1.54, 1.807) is 0 Å². The highest BCUT2D eigenvalue weighted by Crippen LogP contribution is 2.27. The standard InChI is InChI=1S/C12H11/c1-2-10-8-9-11-6-4-3-5-7-12(10)11/h2-9H,1H3. The Labute approximate surface area is 73.2 Å². The third-order valence-electron chi connectivity index (χ3n) is 2.14. The summed E-state index contributed by atoms with van der Waals surface area (Å²) in [6.45, 7) is 2.07. The molecule has 0 aromatic heterocycles. The van der Waals surface area contributed by atoms with E-state index in [9.17, 15) is 0 Å². The Balaban J connectivity index is 2.64. The van der Waals surface area contributed by atoms with E-state index in [1.165, 1.54) is 16.7 Å². The van der Waals surface area contributed by atoms with Crippen molar-refractivity contribution in [2.24, 2.45) is 0 Å². The van der Waals surface area contributed by atoms with Crippen LogP contribution in [0.25, 0.3) is 11.1 Å². The van der Waals surface area contributed by atoms with Crippen LogP contribution in [-0.4, -0.2) is 0 Å². The van der Waals surface area contributed by atoms with Gasteiger partial charge in [-0.05, 0) is 23.1 Å². The van der Waals surface area contributed by atoms with Crippen molar-refractivity contribution in [3.8, 4) is 11.1 Å². The molecule has 0 spiro atoms. The maximum absolute atomic E-state index is 2.16. The lowest BCUT2D eigenvalue weighted by Gasteiger charge is -1.95. The van der Waals surface area contributed by atoms with Gasteiger partial charge in [0.15, 0.2) is 0 Å². The predicted molar refractivity (Wildman–Crippen MR) is 52.1 cm³/mol. The summed E-state index contributed by atoms with van der Waals surface area (Å²) in [5.74, 6) is 0. The lowest BCUT2D eigenvalue weighted by atomic mass is 10.1. The summed E-state index contributed by atoms with van der Waals surface area (Å²) in [7, 11) is 0. The Hall–Kier alpha value is -1.30. The average Bonchev–Trinajstić information content (AvgIpc) is 2.33. The van der Waals surface area contributed by atoms with Gasteiger partial charge in [-0.3, -0.25) is 0 Å². The van der Waals surface area contributed by atoms with Crippen LogP contribution < -0.4 is 0 Å². The van der Waals surface area contributed by atoms with E-state index in [-0.39, 0.29) is 0 Å². The molecule has 0 amide bonds. The fraction of sp³-hybridized carbons (Fsp3) is 0.0833. The first-order valence-electron chi connectivity index (χ1n) is 4.19. The minimum atomic E-state index is 1.31. The van der Waals surface area contributed by atoms with Gasteiger partial charge < -0.3 is 0 Å². The summed E-state index contributed by atoms with van der Waals surface area (Å²) in [4.78, 5) is 0. The zero-order valence-electron chi connectivity index (χ0n) is 7.12. The number of hydrogen-bond acceptors (Lipinski definition) is 0. The summed E-state index contributed by atoms with van der Waals surface area (Å²) in [5.41, 5.74) is 3.97. The summed E-state index contributed by atoms with van der Waals surface area (Å²) in [5, 5.41) is 0. The van der Waals surface area contributed by atoms with Crippen molar-refractivity contribution in [3.05, 3.63) is 54.4 Å². The Bertz CT molecular complexity index is 349. The molecular weight excluding hydrogens is 144 g/mol. The van der Waals surface area contributed by atoms with Gasteiger partial charge in [-0.2, -0.15) is 0 Å². The lowest BCUT2D eigenvalue weighted by Crippen LogP contribution is -1.73. The predicted octanol–water partition coefficient (Wildman–Crippen LogP) is 3.36. The van der Waals surface area contributed by atoms with E-state index < -0.39 is 0 Å². The maximum atomic E-state index is 2.16. The largest absolute Gasteiger partial charge is 0.0622 e. The summed E-state index contributed by atoms with van der Waals surface area (Å²) >= 11 is 0. The van der Waals surface area contributed by atoms with Crippen molar-refractivity contribution < 1.29 is 0 Å². The van der Waals surface area contributed by atoms with Gasteiger partial charge in [0.25, 0.3) is 0 Å². The maximum Gasteiger partial charge on any atom is -0.0118 e. The molecule has 12 heavy (non-hydrogen) atoms. The molecule has 0 saturated heterocycles. The molecule has 2 aliphatic carbocycles. The minimum Gasteiger partial charge on any atom is -0.0622 e. The van der Waals surface area contributed by atoms with Gasteiger partial charge in [0.2, 0.25) is 0 Å². The molecule has 0 heteroatoms. The van der Waals surface area contributed by atoms with Gasteiger partial charge in [0, 0.05) is 0 Å². The van der Waals surface area contributed by atoms with E-state index in [0.717, 1.165) is 0 Å². The molecular formula is C12H11. The Kier molecular flexibility index (Phi) is 1.83. The van der Waals surface area contributed by atoms with Crippen molar-refractivity contribution in [3.63, 3.8) is 0 Å². The molecule has 1 radical (unpaired) electrons. The van der Waals surface area contributed by atoms with Crippen LogP contribution in [0.5, 0.6) is 0 Å². The monoisotopic (exact) mass is 155 g/mol. The third kappa shape index (κ3) is 1.10. The summed E-state index contributed by atoms with van der Waals surface area (Å²) in [6, 6.07) is 14.8. The fourth-order valence-electron chi connectivity index (χ4n) is 1.49. The number of hydrogen-bond donors (Lipinski definition) is 0. The molecule has 2 rings (SSSR count). The molecule has 59 valence electrons. The zero-order valence-corrected chi connectivity index (χ0v) is 7.12. The summed E-state index contributed by atoms with van der Waals surface area (Å²) < 4.78 is 0. The van der Waals surface area contributed by atoms with Gasteiger partial charge in [0.1, 0.15) is 0 Å². The van der Waals surface area contributed by atoms with Crippen LogP contribution in [0.2, 0.25) is 0 Å². The molecule has 0 saturated carbocycles. The molecule has 2 aliphatic rings. The smallest absolute Gasteiger partial charge is 0.0118 e. The van der Waals surface area contributed by atoms with Gasteiger partial charge in [-0.15, -0.1) is 0 Å². The van der Waals surface area contributed by atoms with Crippen LogP contribution in [0.4, 0.5) is 0 Å². The van der Waals surface area contributed by atoms with Crippen molar-refractivity contribution in [2.45, 2.75) is 6.92 Å². The second-order valence-corrected chi connectivity index (χ2v) is 2.86. The van der Waals surface area contributed by atoms with Crippen LogP contribution in [-0.2, 0) is 0 Å². The van der Waals surface area contributed by atoms with Crippen molar-refractivity contribution in [2.75, 3.05) is 0 Å². The zero-order chi connectivity index (χ0) is 8.39. The molecule has 0 heterocycles. The molecule has 0 aromatic carbocycles. The van der Waals surface area contributed by atoms with E-state index in [2.05, 4.69) is 55.8 Å². The topological polar surface area (TPSA) is 0 Å². The molecule has 0 unspecified atom stereocenters. The van der Waals surface area contributed by atoms with Gasteiger partial charge in [-0.25, -0.2) is 0 Å².